The fraction of sp³-hybridized carbons (Fsp3) is 0.600. The number of halogens is 1. The third-order valence-corrected chi connectivity index (χ3v) is 5.45. The highest BCUT2D eigenvalue weighted by Crippen LogP contribution is 2.47. The fourth-order valence-corrected chi connectivity index (χ4v) is 3.68. The SMILES string of the molecule is CCOC(=O)C1CCN(C(=NC)NCC2(c3ccccc3)CC2)CC1.I. The third kappa shape index (κ3) is 4.90. The summed E-state index contributed by atoms with van der Waals surface area (Å²) in [6, 6.07) is 10.7. The van der Waals surface area contributed by atoms with Gasteiger partial charge in [-0.05, 0) is 38.2 Å². The maximum absolute atomic E-state index is 11.9. The minimum Gasteiger partial charge on any atom is -0.466 e. The number of nitrogens with one attached hydrogen (secondary N) is 1. The van der Waals surface area contributed by atoms with Gasteiger partial charge in [0.2, 0.25) is 0 Å². The standard InChI is InChI=1S/C20H29N3O2.HI/c1-3-25-18(24)16-9-13-23(14-10-16)19(21-2)22-15-20(11-12-20)17-7-5-4-6-8-17;/h4-8,16H,3,9-15H2,1-2H3,(H,21,22);1H. The molecule has 3 rings (SSSR count). The topological polar surface area (TPSA) is 53.9 Å². The lowest BCUT2D eigenvalue weighted by atomic mass is 9.96. The van der Waals surface area contributed by atoms with Crippen molar-refractivity contribution in [2.45, 2.75) is 38.0 Å². The molecule has 0 atom stereocenters. The van der Waals surface area contributed by atoms with Crippen LogP contribution in [0.15, 0.2) is 35.3 Å². The zero-order valence-electron chi connectivity index (χ0n) is 15.7. The number of hydrogen-bond acceptors (Lipinski definition) is 3. The van der Waals surface area contributed by atoms with Crippen LogP contribution in [0.2, 0.25) is 0 Å². The van der Waals surface area contributed by atoms with Crippen LogP contribution in [0.3, 0.4) is 0 Å². The number of piperidine rings is 1. The van der Waals surface area contributed by atoms with Crippen LogP contribution in [0.4, 0.5) is 0 Å². The van der Waals surface area contributed by atoms with Gasteiger partial charge in [-0.2, -0.15) is 0 Å². The van der Waals surface area contributed by atoms with Crippen LogP contribution >= 0.6 is 24.0 Å². The average molecular weight is 471 g/mol. The summed E-state index contributed by atoms with van der Waals surface area (Å²) in [6.45, 7) is 4.94. The van der Waals surface area contributed by atoms with E-state index in [0.717, 1.165) is 38.4 Å². The molecule has 0 unspecified atom stereocenters. The van der Waals surface area contributed by atoms with Gasteiger partial charge in [0.15, 0.2) is 5.96 Å². The predicted molar refractivity (Wildman–Crippen MR) is 115 cm³/mol. The molecule has 144 valence electrons. The summed E-state index contributed by atoms with van der Waals surface area (Å²) < 4.78 is 5.15. The van der Waals surface area contributed by atoms with Crippen molar-refractivity contribution in [2.75, 3.05) is 33.3 Å². The number of carbonyl (C=O) groups excluding carboxylic acids is 1. The van der Waals surface area contributed by atoms with Gasteiger partial charge in [0, 0.05) is 32.1 Å². The van der Waals surface area contributed by atoms with Crippen molar-refractivity contribution < 1.29 is 9.53 Å². The summed E-state index contributed by atoms with van der Waals surface area (Å²) in [5.41, 5.74) is 1.68. The lowest BCUT2D eigenvalue weighted by Crippen LogP contribution is -2.48. The second-order valence-corrected chi connectivity index (χ2v) is 7.06. The first-order valence-corrected chi connectivity index (χ1v) is 9.36. The number of aliphatic imine (C=N–C) groups is 1. The number of hydrogen-bond donors (Lipinski definition) is 1. The van der Waals surface area contributed by atoms with Crippen LogP contribution in [0.1, 0.15) is 38.2 Å². The summed E-state index contributed by atoms with van der Waals surface area (Å²) in [5.74, 6) is 0.934. The molecule has 0 radical (unpaired) electrons. The first-order valence-electron chi connectivity index (χ1n) is 9.36. The number of nitrogens with zero attached hydrogens (tertiary/aromatic N) is 2. The number of rotatable bonds is 5. The van der Waals surface area contributed by atoms with Crippen molar-refractivity contribution in [3.05, 3.63) is 35.9 Å². The molecule has 1 aliphatic carbocycles. The van der Waals surface area contributed by atoms with Crippen LogP contribution in [-0.2, 0) is 14.9 Å². The fourth-order valence-electron chi connectivity index (χ4n) is 3.68. The number of esters is 1. The van der Waals surface area contributed by atoms with E-state index in [9.17, 15) is 4.79 Å². The lowest BCUT2D eigenvalue weighted by molar-refractivity contribution is -0.149. The van der Waals surface area contributed by atoms with Gasteiger partial charge in [-0.25, -0.2) is 0 Å². The van der Waals surface area contributed by atoms with E-state index < -0.39 is 0 Å². The molecule has 26 heavy (non-hydrogen) atoms. The van der Waals surface area contributed by atoms with Crippen LogP contribution in [0.5, 0.6) is 0 Å². The maximum atomic E-state index is 11.9. The summed E-state index contributed by atoms with van der Waals surface area (Å²) in [7, 11) is 1.84. The Bertz CT molecular complexity index is 609. The highest BCUT2D eigenvalue weighted by molar-refractivity contribution is 14.0. The van der Waals surface area contributed by atoms with Crippen molar-refractivity contribution in [1.82, 2.24) is 10.2 Å². The molecule has 1 aliphatic heterocycles. The molecule has 1 N–H and O–H groups in total. The predicted octanol–water partition coefficient (Wildman–Crippen LogP) is 3.19. The minimum absolute atomic E-state index is 0. The Morgan fingerprint density at radius 1 is 1.27 bits per heavy atom. The van der Waals surface area contributed by atoms with Gasteiger partial charge in [-0.1, -0.05) is 30.3 Å². The van der Waals surface area contributed by atoms with Gasteiger partial charge in [-0.15, -0.1) is 24.0 Å². The number of carbonyl (C=O) groups is 1. The molecule has 2 fully saturated rings. The smallest absolute Gasteiger partial charge is 0.309 e. The lowest BCUT2D eigenvalue weighted by Gasteiger charge is -2.34. The van der Waals surface area contributed by atoms with E-state index >= 15 is 0 Å². The minimum atomic E-state index is -0.0499. The monoisotopic (exact) mass is 471 g/mol. The van der Waals surface area contributed by atoms with Crippen molar-refractivity contribution in [1.29, 1.82) is 0 Å². The quantitative estimate of drug-likeness (QED) is 0.310. The van der Waals surface area contributed by atoms with Gasteiger partial charge in [0.25, 0.3) is 0 Å². The molecule has 6 heteroatoms. The Labute approximate surface area is 173 Å². The summed E-state index contributed by atoms with van der Waals surface area (Å²) in [4.78, 5) is 18.6. The van der Waals surface area contributed by atoms with Crippen molar-refractivity contribution in [3.63, 3.8) is 0 Å². The molecule has 0 spiro atoms. The van der Waals surface area contributed by atoms with Gasteiger partial charge in [-0.3, -0.25) is 9.79 Å². The molecule has 1 aromatic rings. The Kier molecular flexibility index (Phi) is 7.73. The van der Waals surface area contributed by atoms with E-state index in [1.54, 1.807) is 0 Å². The van der Waals surface area contributed by atoms with E-state index in [1.165, 1.54) is 18.4 Å². The van der Waals surface area contributed by atoms with E-state index in [0.29, 0.717) is 6.61 Å². The van der Waals surface area contributed by atoms with Crippen molar-refractivity contribution in [3.8, 4) is 0 Å². The number of benzene rings is 1. The summed E-state index contributed by atoms with van der Waals surface area (Å²) in [5, 5.41) is 3.57. The highest BCUT2D eigenvalue weighted by atomic mass is 127. The Balaban J connectivity index is 0.00000243. The molecule has 0 aromatic heterocycles. The molecule has 1 aromatic carbocycles. The second kappa shape index (κ2) is 9.58. The zero-order chi connectivity index (χ0) is 17.7. The van der Waals surface area contributed by atoms with E-state index in [1.807, 2.05) is 14.0 Å². The Hall–Kier alpha value is -1.31. The van der Waals surface area contributed by atoms with E-state index in [2.05, 4.69) is 45.5 Å². The molecule has 0 bridgehead atoms. The van der Waals surface area contributed by atoms with E-state index in [-0.39, 0.29) is 41.3 Å². The van der Waals surface area contributed by atoms with Crippen LogP contribution < -0.4 is 5.32 Å². The van der Waals surface area contributed by atoms with Gasteiger partial charge >= 0.3 is 5.97 Å². The highest BCUT2D eigenvalue weighted by Gasteiger charge is 2.44. The van der Waals surface area contributed by atoms with Gasteiger partial charge < -0.3 is 15.0 Å². The first-order chi connectivity index (χ1) is 12.2. The maximum Gasteiger partial charge on any atom is 0.309 e. The normalized spacial score (nSPS) is 19.5. The molecular weight excluding hydrogens is 441 g/mol. The Morgan fingerprint density at radius 2 is 1.92 bits per heavy atom. The van der Waals surface area contributed by atoms with Crippen LogP contribution in [-0.4, -0.2) is 50.1 Å². The third-order valence-electron chi connectivity index (χ3n) is 5.45. The number of guanidine groups is 1. The zero-order valence-corrected chi connectivity index (χ0v) is 18.1. The first kappa shape index (κ1) is 21.0. The molecule has 2 aliphatic rings. The Morgan fingerprint density at radius 3 is 2.46 bits per heavy atom. The number of likely N-dealkylation sites (tertiary alicyclic amines) is 1. The van der Waals surface area contributed by atoms with Crippen molar-refractivity contribution in [2.24, 2.45) is 10.9 Å². The summed E-state index contributed by atoms with van der Waals surface area (Å²) in [6.07, 6.45) is 4.13. The van der Waals surface area contributed by atoms with Gasteiger partial charge in [0.05, 0.1) is 12.5 Å². The second-order valence-electron chi connectivity index (χ2n) is 7.06. The molecule has 1 saturated heterocycles. The largest absolute Gasteiger partial charge is 0.466 e. The molecular formula is C20H30IN3O2. The van der Waals surface area contributed by atoms with Crippen LogP contribution in [0, 0.1) is 5.92 Å². The molecule has 5 nitrogen and oxygen atoms in total. The van der Waals surface area contributed by atoms with E-state index in [4.69, 9.17) is 4.74 Å². The van der Waals surface area contributed by atoms with Crippen molar-refractivity contribution >= 4 is 35.9 Å². The molecule has 1 saturated carbocycles. The molecule has 0 amide bonds. The summed E-state index contributed by atoms with van der Waals surface area (Å²) >= 11 is 0. The van der Waals surface area contributed by atoms with Crippen LogP contribution in [0.25, 0.3) is 0 Å². The number of ether oxygens (including phenoxy) is 1. The average Bonchev–Trinajstić information content (AvgIpc) is 3.45. The molecule has 1 heterocycles. The van der Waals surface area contributed by atoms with Gasteiger partial charge in [0.1, 0.15) is 0 Å².